The van der Waals surface area contributed by atoms with Crippen molar-refractivity contribution in [2.24, 2.45) is 4.99 Å². The van der Waals surface area contributed by atoms with Gasteiger partial charge in [0.1, 0.15) is 0 Å². The Morgan fingerprint density at radius 2 is 1.67 bits per heavy atom. The molecule has 5 nitrogen and oxygen atoms in total. The van der Waals surface area contributed by atoms with Crippen LogP contribution in [0.2, 0.25) is 0 Å². The van der Waals surface area contributed by atoms with Gasteiger partial charge in [-0.1, -0.05) is 49.1 Å². The largest absolute Gasteiger partial charge is 0.478 e. The van der Waals surface area contributed by atoms with E-state index in [1.165, 1.54) is 12.1 Å². The molecule has 0 aromatic heterocycles. The van der Waals surface area contributed by atoms with Gasteiger partial charge in [-0.05, 0) is 49.8 Å². The second-order valence-electron chi connectivity index (χ2n) is 6.85. The number of nitrogens with zero attached hydrogens (tertiary/aromatic N) is 1. The van der Waals surface area contributed by atoms with Crippen LogP contribution in [-0.4, -0.2) is 22.7 Å². The molecule has 1 amide bonds. The number of benzene rings is 2. The molecular weight excluding hydrogens is 376 g/mol. The molecule has 1 aliphatic carbocycles. The van der Waals surface area contributed by atoms with Gasteiger partial charge in [0.2, 0.25) is 0 Å². The van der Waals surface area contributed by atoms with Gasteiger partial charge in [0.05, 0.1) is 17.0 Å². The molecule has 1 aliphatic rings. The van der Waals surface area contributed by atoms with E-state index in [1.807, 2.05) is 55.5 Å². The lowest BCUT2D eigenvalue weighted by Gasteiger charge is -2.13. The number of aryl methyl sites for hydroxylation is 1. The minimum atomic E-state index is -1.01. The lowest BCUT2D eigenvalue weighted by Crippen LogP contribution is -2.17. The molecule has 2 N–H and O–H groups in total. The van der Waals surface area contributed by atoms with E-state index in [2.05, 4.69) is 16.9 Å². The summed E-state index contributed by atoms with van der Waals surface area (Å²) in [6.45, 7) is 7.82. The van der Waals surface area contributed by atoms with Crippen molar-refractivity contribution in [3.63, 3.8) is 0 Å². The highest BCUT2D eigenvalue weighted by molar-refractivity contribution is 6.19. The fourth-order valence-electron chi connectivity index (χ4n) is 3.03. The second kappa shape index (κ2) is 9.01. The monoisotopic (exact) mass is 398 g/mol. The number of carboxylic acids is 1. The maximum Gasteiger partial charge on any atom is 0.335 e. The van der Waals surface area contributed by atoms with E-state index in [1.54, 1.807) is 19.1 Å². The number of amides is 1. The molecule has 0 aliphatic heterocycles. The van der Waals surface area contributed by atoms with Gasteiger partial charge in [-0.3, -0.25) is 4.79 Å². The maximum atomic E-state index is 12.8. The van der Waals surface area contributed by atoms with E-state index in [-0.39, 0.29) is 11.5 Å². The first-order valence-electron chi connectivity index (χ1n) is 9.41. The number of aliphatic imine (C=N–C) groups is 1. The molecule has 0 fully saturated rings. The summed E-state index contributed by atoms with van der Waals surface area (Å²) in [6, 6.07) is 13.9. The highest BCUT2D eigenvalue weighted by Crippen LogP contribution is 2.22. The smallest absolute Gasteiger partial charge is 0.335 e. The third kappa shape index (κ3) is 4.70. The molecule has 30 heavy (non-hydrogen) atoms. The van der Waals surface area contributed by atoms with Crippen molar-refractivity contribution in [2.45, 2.75) is 13.8 Å². The van der Waals surface area contributed by atoms with Crippen molar-refractivity contribution in [3.05, 3.63) is 107 Å². The number of aromatic carboxylic acids is 1. The van der Waals surface area contributed by atoms with Crippen LogP contribution < -0.4 is 5.32 Å². The number of carbonyl (C=O) groups is 2. The van der Waals surface area contributed by atoms with E-state index < -0.39 is 5.97 Å². The van der Waals surface area contributed by atoms with Crippen LogP contribution in [0.1, 0.15) is 28.4 Å². The van der Waals surface area contributed by atoms with Crippen LogP contribution >= 0.6 is 0 Å². The number of anilines is 1. The Labute approximate surface area is 175 Å². The van der Waals surface area contributed by atoms with Gasteiger partial charge in [0, 0.05) is 22.4 Å². The van der Waals surface area contributed by atoms with Gasteiger partial charge in [-0.25, -0.2) is 9.79 Å². The van der Waals surface area contributed by atoms with Crippen molar-refractivity contribution >= 4 is 29.0 Å². The molecule has 0 saturated carbocycles. The fourth-order valence-corrected chi connectivity index (χ4v) is 3.03. The standard InChI is InChI=1S/C25H22N2O3/c1-16-8-4-5-9-21(16)18(3)26-23-11-7-6-10-22(23)17(2)24(28)27-20-14-12-19(13-15-20)25(29)30/h4-15H,3H2,1-2H3,(H,27,28)(H,29,30)/b22-17+,26-23?. The minimum absolute atomic E-state index is 0.160. The highest BCUT2D eigenvalue weighted by Gasteiger charge is 2.15. The number of hydrogen-bond donors (Lipinski definition) is 2. The lowest BCUT2D eigenvalue weighted by atomic mass is 9.98. The molecule has 0 spiro atoms. The number of carboxylic acid groups (broad SMARTS) is 1. The maximum absolute atomic E-state index is 12.8. The van der Waals surface area contributed by atoms with Crippen LogP contribution in [0.15, 0.2) is 95.6 Å². The lowest BCUT2D eigenvalue weighted by molar-refractivity contribution is -0.112. The van der Waals surface area contributed by atoms with Gasteiger partial charge in [0.15, 0.2) is 0 Å². The quantitative estimate of drug-likeness (QED) is 0.681. The molecule has 0 unspecified atom stereocenters. The number of carbonyl (C=O) groups excluding carboxylic acids is 1. The first-order valence-corrected chi connectivity index (χ1v) is 9.41. The minimum Gasteiger partial charge on any atom is -0.478 e. The van der Waals surface area contributed by atoms with Gasteiger partial charge >= 0.3 is 5.97 Å². The first-order chi connectivity index (χ1) is 14.4. The molecule has 2 aromatic carbocycles. The Hall–Kier alpha value is -3.99. The summed E-state index contributed by atoms with van der Waals surface area (Å²) < 4.78 is 0. The Kier molecular flexibility index (Phi) is 6.23. The Morgan fingerprint density at radius 1 is 1.00 bits per heavy atom. The van der Waals surface area contributed by atoms with Crippen LogP contribution in [0.5, 0.6) is 0 Å². The predicted octanol–water partition coefficient (Wildman–Crippen LogP) is 5.19. The van der Waals surface area contributed by atoms with Crippen LogP contribution in [0, 0.1) is 6.92 Å². The van der Waals surface area contributed by atoms with Crippen LogP contribution in [-0.2, 0) is 4.79 Å². The molecule has 3 rings (SSSR count). The Morgan fingerprint density at radius 3 is 2.33 bits per heavy atom. The van der Waals surface area contributed by atoms with Gasteiger partial charge in [-0.15, -0.1) is 0 Å². The summed E-state index contributed by atoms with van der Waals surface area (Å²) in [5.74, 6) is -1.30. The molecule has 5 heteroatoms. The van der Waals surface area contributed by atoms with Crippen LogP contribution in [0.3, 0.4) is 0 Å². The molecule has 0 saturated heterocycles. The molecule has 2 aromatic rings. The molecule has 0 heterocycles. The van der Waals surface area contributed by atoms with Crippen LogP contribution in [0.4, 0.5) is 5.69 Å². The Bertz CT molecular complexity index is 1130. The van der Waals surface area contributed by atoms with Crippen molar-refractivity contribution in [1.82, 2.24) is 0 Å². The Balaban J connectivity index is 1.86. The summed E-state index contributed by atoms with van der Waals surface area (Å²) in [6.07, 6.45) is 7.40. The van der Waals surface area contributed by atoms with Crippen molar-refractivity contribution in [1.29, 1.82) is 0 Å². The fraction of sp³-hybridized carbons (Fsp3) is 0.0800. The zero-order valence-electron chi connectivity index (χ0n) is 16.8. The SMILES string of the molecule is C=C(N=C1C=CC=C/C1=C(/C)C(=O)Nc1ccc(C(=O)O)cc1)c1ccccc1C. The third-order valence-electron chi connectivity index (χ3n) is 4.75. The average molecular weight is 398 g/mol. The number of nitrogens with one attached hydrogen (secondary N) is 1. The van der Waals surface area contributed by atoms with Crippen molar-refractivity contribution in [2.75, 3.05) is 5.32 Å². The van der Waals surface area contributed by atoms with Crippen LogP contribution in [0.25, 0.3) is 5.70 Å². The highest BCUT2D eigenvalue weighted by atomic mass is 16.4. The molecular formula is C25H22N2O3. The predicted molar refractivity (Wildman–Crippen MR) is 121 cm³/mol. The van der Waals surface area contributed by atoms with Gasteiger partial charge < -0.3 is 10.4 Å². The summed E-state index contributed by atoms with van der Waals surface area (Å²) in [7, 11) is 0. The summed E-state index contributed by atoms with van der Waals surface area (Å²) in [5.41, 5.74) is 5.18. The average Bonchev–Trinajstić information content (AvgIpc) is 2.74. The van der Waals surface area contributed by atoms with Gasteiger partial charge in [0.25, 0.3) is 5.91 Å². The number of rotatable bonds is 5. The zero-order chi connectivity index (χ0) is 21.7. The number of allylic oxidation sites excluding steroid dienone is 5. The van der Waals surface area contributed by atoms with E-state index in [0.29, 0.717) is 28.2 Å². The van der Waals surface area contributed by atoms with E-state index in [0.717, 1.165) is 11.1 Å². The van der Waals surface area contributed by atoms with E-state index in [9.17, 15) is 9.59 Å². The third-order valence-corrected chi connectivity index (χ3v) is 4.75. The first kappa shape index (κ1) is 20.7. The summed E-state index contributed by atoms with van der Waals surface area (Å²) in [5, 5.41) is 11.8. The summed E-state index contributed by atoms with van der Waals surface area (Å²) >= 11 is 0. The topological polar surface area (TPSA) is 78.8 Å². The summed E-state index contributed by atoms with van der Waals surface area (Å²) in [4.78, 5) is 28.4. The zero-order valence-corrected chi connectivity index (χ0v) is 16.8. The molecule has 0 bridgehead atoms. The van der Waals surface area contributed by atoms with E-state index in [4.69, 9.17) is 5.11 Å². The van der Waals surface area contributed by atoms with Gasteiger partial charge in [-0.2, -0.15) is 0 Å². The van der Waals surface area contributed by atoms with E-state index >= 15 is 0 Å². The normalized spacial score (nSPS) is 15.7. The van der Waals surface area contributed by atoms with Crippen molar-refractivity contribution in [3.8, 4) is 0 Å². The van der Waals surface area contributed by atoms with Crippen molar-refractivity contribution < 1.29 is 14.7 Å². The second-order valence-corrected chi connectivity index (χ2v) is 6.85. The molecule has 150 valence electrons. The molecule has 0 atom stereocenters. The number of hydrogen-bond acceptors (Lipinski definition) is 3. The molecule has 0 radical (unpaired) electrons.